The van der Waals surface area contributed by atoms with Crippen molar-refractivity contribution in [3.8, 4) is 0 Å². The highest BCUT2D eigenvalue weighted by Crippen LogP contribution is 2.31. The monoisotopic (exact) mass is 279 g/mol. The number of fused-ring (bicyclic) bond motifs is 1. The van der Waals surface area contributed by atoms with Gasteiger partial charge in [0, 0.05) is 36.7 Å². The summed E-state index contributed by atoms with van der Waals surface area (Å²) in [5.74, 6) is 0.410. The summed E-state index contributed by atoms with van der Waals surface area (Å²) in [6, 6.07) is 10.4. The summed E-state index contributed by atoms with van der Waals surface area (Å²) in [5, 5.41) is 7.32. The van der Waals surface area contributed by atoms with Crippen LogP contribution in [0.25, 0.3) is 6.08 Å². The van der Waals surface area contributed by atoms with Crippen LogP contribution in [0.4, 0.5) is 0 Å². The molecule has 1 unspecified atom stereocenters. The highest BCUT2D eigenvalue weighted by atomic mass is 16.2. The Morgan fingerprint density at radius 2 is 2.05 bits per heavy atom. The number of hydrogen-bond acceptors (Lipinski definition) is 2. The maximum Gasteiger partial charge on any atom is 0.274 e. The van der Waals surface area contributed by atoms with Gasteiger partial charge in [0.2, 0.25) is 0 Å². The highest BCUT2D eigenvalue weighted by molar-refractivity contribution is 5.96. The fourth-order valence-corrected chi connectivity index (χ4v) is 2.98. The van der Waals surface area contributed by atoms with Gasteiger partial charge in [0.15, 0.2) is 5.69 Å². The molecule has 0 spiro atoms. The second-order valence-corrected chi connectivity index (χ2v) is 5.69. The maximum absolute atomic E-state index is 12.3. The number of amides is 1. The fourth-order valence-electron chi connectivity index (χ4n) is 2.98. The molecule has 4 heteroatoms. The molecule has 1 aliphatic heterocycles. The maximum atomic E-state index is 12.3. The molecule has 0 saturated carbocycles. The lowest BCUT2D eigenvalue weighted by molar-refractivity contribution is 0.0645. The van der Waals surface area contributed by atoms with Crippen molar-refractivity contribution in [3.05, 3.63) is 58.9 Å². The molecule has 4 nitrogen and oxygen atoms in total. The first-order valence-electron chi connectivity index (χ1n) is 7.42. The first-order chi connectivity index (χ1) is 10.3. The van der Waals surface area contributed by atoms with Gasteiger partial charge in [-0.05, 0) is 12.0 Å². The van der Waals surface area contributed by atoms with Crippen LogP contribution in [0.1, 0.15) is 39.6 Å². The summed E-state index contributed by atoms with van der Waals surface area (Å²) in [6.45, 7) is 1.72. The van der Waals surface area contributed by atoms with Crippen LogP contribution in [0, 0.1) is 0 Å². The standard InChI is InChI=1S/C17H17N3O/c21-17(20-9-4-10-20)16-14-8-7-13(11-15(14)18-19-16)12-5-2-1-3-6-12/h1-3,5-8,13H,4,9-11H2,(H,18,19). The number of aromatic amines is 1. The Labute approximate surface area is 123 Å². The summed E-state index contributed by atoms with van der Waals surface area (Å²) < 4.78 is 0. The highest BCUT2D eigenvalue weighted by Gasteiger charge is 2.28. The van der Waals surface area contributed by atoms with Gasteiger partial charge in [-0.2, -0.15) is 5.10 Å². The lowest BCUT2D eigenvalue weighted by Crippen LogP contribution is -2.42. The third kappa shape index (κ3) is 2.07. The van der Waals surface area contributed by atoms with Crippen LogP contribution in [0.2, 0.25) is 0 Å². The number of carbonyl (C=O) groups excluding carboxylic acids is 1. The zero-order valence-corrected chi connectivity index (χ0v) is 11.7. The summed E-state index contributed by atoms with van der Waals surface area (Å²) in [7, 11) is 0. The number of carbonyl (C=O) groups is 1. The first kappa shape index (κ1) is 12.4. The molecule has 21 heavy (non-hydrogen) atoms. The average molecular weight is 279 g/mol. The lowest BCUT2D eigenvalue weighted by atomic mass is 9.88. The van der Waals surface area contributed by atoms with Crippen molar-refractivity contribution in [1.29, 1.82) is 0 Å². The molecule has 0 bridgehead atoms. The smallest absolute Gasteiger partial charge is 0.274 e. The van der Waals surface area contributed by atoms with Gasteiger partial charge in [-0.15, -0.1) is 0 Å². The van der Waals surface area contributed by atoms with E-state index >= 15 is 0 Å². The predicted molar refractivity (Wildman–Crippen MR) is 81.0 cm³/mol. The summed E-state index contributed by atoms with van der Waals surface area (Å²) in [4.78, 5) is 14.2. The largest absolute Gasteiger partial charge is 0.337 e. The number of aromatic nitrogens is 2. The second-order valence-electron chi connectivity index (χ2n) is 5.69. The molecule has 1 aromatic heterocycles. The number of rotatable bonds is 2. The Bertz CT molecular complexity index is 698. The van der Waals surface area contributed by atoms with Crippen LogP contribution in [-0.2, 0) is 6.42 Å². The van der Waals surface area contributed by atoms with E-state index in [1.165, 1.54) is 5.56 Å². The summed E-state index contributed by atoms with van der Waals surface area (Å²) in [6.07, 6.45) is 6.20. The minimum atomic E-state index is 0.0570. The molecule has 1 amide bonds. The van der Waals surface area contributed by atoms with Gasteiger partial charge >= 0.3 is 0 Å². The Hall–Kier alpha value is -2.36. The molecule has 1 fully saturated rings. The van der Waals surface area contributed by atoms with E-state index in [9.17, 15) is 4.79 Å². The molecule has 1 atom stereocenters. The average Bonchev–Trinajstić information content (AvgIpc) is 2.89. The number of nitrogens with zero attached hydrogens (tertiary/aromatic N) is 2. The van der Waals surface area contributed by atoms with Crippen molar-refractivity contribution in [3.63, 3.8) is 0 Å². The molecule has 4 rings (SSSR count). The number of H-pyrrole nitrogens is 1. The van der Waals surface area contributed by atoms with E-state index in [0.29, 0.717) is 11.6 Å². The van der Waals surface area contributed by atoms with Gasteiger partial charge in [0.05, 0.1) is 0 Å². The quantitative estimate of drug-likeness (QED) is 0.918. The van der Waals surface area contributed by atoms with E-state index in [0.717, 1.165) is 37.2 Å². The van der Waals surface area contributed by atoms with Gasteiger partial charge in [-0.1, -0.05) is 42.5 Å². The molecule has 0 radical (unpaired) electrons. The lowest BCUT2D eigenvalue weighted by Gasteiger charge is -2.30. The summed E-state index contributed by atoms with van der Waals surface area (Å²) >= 11 is 0. The van der Waals surface area contributed by atoms with Crippen molar-refractivity contribution in [2.45, 2.75) is 18.8 Å². The Morgan fingerprint density at radius 1 is 1.24 bits per heavy atom. The molecular weight excluding hydrogens is 262 g/mol. The van der Waals surface area contributed by atoms with Gasteiger partial charge in [0.25, 0.3) is 5.91 Å². The van der Waals surface area contributed by atoms with E-state index in [1.54, 1.807) is 0 Å². The Kier molecular flexibility index (Phi) is 2.88. The van der Waals surface area contributed by atoms with Gasteiger partial charge in [-0.3, -0.25) is 9.89 Å². The third-order valence-electron chi connectivity index (χ3n) is 4.38. The third-order valence-corrected chi connectivity index (χ3v) is 4.38. The number of benzene rings is 1. The molecule has 2 aromatic rings. The SMILES string of the molecule is O=C(c1n[nH]c2c1C=CC(c1ccccc1)C2)N1CCC1. The molecule has 1 saturated heterocycles. The van der Waals surface area contributed by atoms with Crippen LogP contribution in [-0.4, -0.2) is 34.1 Å². The van der Waals surface area contributed by atoms with E-state index < -0.39 is 0 Å². The molecule has 1 aromatic carbocycles. The molecule has 2 heterocycles. The van der Waals surface area contributed by atoms with Crippen LogP contribution >= 0.6 is 0 Å². The zero-order valence-electron chi connectivity index (χ0n) is 11.7. The van der Waals surface area contributed by atoms with Crippen molar-refractivity contribution in [2.24, 2.45) is 0 Å². The number of likely N-dealkylation sites (tertiary alicyclic amines) is 1. The van der Waals surface area contributed by atoms with Crippen LogP contribution < -0.4 is 0 Å². The van der Waals surface area contributed by atoms with Crippen molar-refractivity contribution in [1.82, 2.24) is 15.1 Å². The number of hydrogen-bond donors (Lipinski definition) is 1. The molecule has 1 aliphatic carbocycles. The summed E-state index contributed by atoms with van der Waals surface area (Å²) in [5.41, 5.74) is 3.91. The van der Waals surface area contributed by atoms with Gasteiger partial charge in [-0.25, -0.2) is 0 Å². The second kappa shape index (κ2) is 4.88. The van der Waals surface area contributed by atoms with E-state index in [1.807, 2.05) is 17.0 Å². The minimum Gasteiger partial charge on any atom is -0.337 e. The first-order valence-corrected chi connectivity index (χ1v) is 7.42. The zero-order chi connectivity index (χ0) is 14.2. The molecule has 106 valence electrons. The topological polar surface area (TPSA) is 49.0 Å². The van der Waals surface area contributed by atoms with Crippen LogP contribution in [0.5, 0.6) is 0 Å². The molecule has 1 N–H and O–H groups in total. The predicted octanol–water partition coefficient (Wildman–Crippen LogP) is 2.61. The van der Waals surface area contributed by atoms with E-state index in [4.69, 9.17) is 0 Å². The van der Waals surface area contributed by atoms with Crippen molar-refractivity contribution < 1.29 is 4.79 Å². The Balaban J connectivity index is 1.61. The van der Waals surface area contributed by atoms with E-state index in [-0.39, 0.29) is 5.91 Å². The van der Waals surface area contributed by atoms with Crippen LogP contribution in [0.15, 0.2) is 36.4 Å². The molecular formula is C17H17N3O. The number of nitrogens with one attached hydrogen (secondary N) is 1. The van der Waals surface area contributed by atoms with Gasteiger partial charge in [0.1, 0.15) is 0 Å². The Morgan fingerprint density at radius 3 is 2.76 bits per heavy atom. The van der Waals surface area contributed by atoms with E-state index in [2.05, 4.69) is 40.5 Å². The molecule has 2 aliphatic rings. The van der Waals surface area contributed by atoms with Crippen molar-refractivity contribution in [2.75, 3.05) is 13.1 Å². The van der Waals surface area contributed by atoms with Crippen molar-refractivity contribution >= 4 is 12.0 Å². The normalized spacial score (nSPS) is 20.0. The number of allylic oxidation sites excluding steroid dienone is 1. The minimum absolute atomic E-state index is 0.0570. The van der Waals surface area contributed by atoms with Crippen LogP contribution in [0.3, 0.4) is 0 Å². The van der Waals surface area contributed by atoms with Gasteiger partial charge < -0.3 is 4.90 Å². The fraction of sp³-hybridized carbons (Fsp3) is 0.294.